The van der Waals surface area contributed by atoms with Crippen LogP contribution >= 0.6 is 0 Å². The highest BCUT2D eigenvalue weighted by atomic mass is 16.5. The molecule has 7 heteroatoms. The first-order chi connectivity index (χ1) is 16.5. The van der Waals surface area contributed by atoms with Crippen LogP contribution in [0, 0.1) is 5.92 Å². The van der Waals surface area contributed by atoms with Crippen LogP contribution in [0.1, 0.15) is 49.1 Å². The molecule has 1 fully saturated rings. The smallest absolute Gasteiger partial charge is 0.407 e. The molecule has 0 spiro atoms. The van der Waals surface area contributed by atoms with Crippen LogP contribution in [0.4, 0.5) is 4.79 Å². The lowest BCUT2D eigenvalue weighted by atomic mass is 9.83. The summed E-state index contributed by atoms with van der Waals surface area (Å²) in [6.07, 6.45) is 3.99. The van der Waals surface area contributed by atoms with Crippen molar-refractivity contribution in [1.29, 1.82) is 0 Å². The molecule has 0 heterocycles. The van der Waals surface area contributed by atoms with Crippen LogP contribution in [0.25, 0.3) is 11.1 Å². The molecule has 2 aromatic carbocycles. The van der Waals surface area contributed by atoms with Gasteiger partial charge in [0.05, 0.1) is 5.92 Å². The summed E-state index contributed by atoms with van der Waals surface area (Å²) >= 11 is 0. The lowest BCUT2D eigenvalue weighted by Gasteiger charge is -2.31. The number of carboxylic acids is 1. The zero-order valence-corrected chi connectivity index (χ0v) is 19.0. The molecule has 7 nitrogen and oxygen atoms in total. The molecule has 3 unspecified atom stereocenters. The first-order valence-corrected chi connectivity index (χ1v) is 11.7. The van der Waals surface area contributed by atoms with Gasteiger partial charge in [0, 0.05) is 12.0 Å². The molecule has 0 aliphatic heterocycles. The van der Waals surface area contributed by atoms with Gasteiger partial charge in [0.2, 0.25) is 5.91 Å². The number of alkyl carbamates (subject to hydrolysis) is 1. The van der Waals surface area contributed by atoms with E-state index >= 15 is 0 Å². The number of hydrogen-bond donors (Lipinski definition) is 3. The summed E-state index contributed by atoms with van der Waals surface area (Å²) in [5, 5.41) is 14.8. The zero-order valence-electron chi connectivity index (χ0n) is 19.0. The molecule has 0 radical (unpaired) electrons. The minimum atomic E-state index is -1.11. The third kappa shape index (κ3) is 4.98. The first kappa shape index (κ1) is 23.5. The average Bonchev–Trinajstić information content (AvgIpc) is 3.16. The van der Waals surface area contributed by atoms with Crippen LogP contribution in [0.15, 0.2) is 61.2 Å². The van der Waals surface area contributed by atoms with Crippen LogP contribution < -0.4 is 10.6 Å². The van der Waals surface area contributed by atoms with Crippen molar-refractivity contribution in [2.75, 3.05) is 6.61 Å². The molecule has 0 bridgehead atoms. The first-order valence-electron chi connectivity index (χ1n) is 11.7. The van der Waals surface area contributed by atoms with Crippen molar-refractivity contribution < 1.29 is 24.2 Å². The van der Waals surface area contributed by atoms with Crippen LogP contribution in [-0.2, 0) is 14.3 Å². The molecular formula is C27H30N2O5. The van der Waals surface area contributed by atoms with Crippen molar-refractivity contribution in [2.24, 2.45) is 5.92 Å². The lowest BCUT2D eigenvalue weighted by Crippen LogP contribution is -2.51. The van der Waals surface area contributed by atoms with Crippen molar-refractivity contribution in [3.8, 4) is 11.1 Å². The topological polar surface area (TPSA) is 105 Å². The number of ether oxygens (including phenoxy) is 1. The van der Waals surface area contributed by atoms with E-state index in [1.54, 1.807) is 0 Å². The van der Waals surface area contributed by atoms with E-state index in [1.165, 1.54) is 6.08 Å². The molecule has 2 aliphatic carbocycles. The van der Waals surface area contributed by atoms with Gasteiger partial charge in [0.25, 0.3) is 0 Å². The van der Waals surface area contributed by atoms with E-state index < -0.39 is 30.1 Å². The molecule has 2 aromatic rings. The van der Waals surface area contributed by atoms with E-state index in [4.69, 9.17) is 4.74 Å². The van der Waals surface area contributed by atoms with Crippen LogP contribution in [0.5, 0.6) is 0 Å². The summed E-state index contributed by atoms with van der Waals surface area (Å²) in [7, 11) is 0. The predicted octanol–water partition coefficient (Wildman–Crippen LogP) is 4.23. The van der Waals surface area contributed by atoms with Crippen LogP contribution in [-0.4, -0.2) is 41.8 Å². The van der Waals surface area contributed by atoms with Gasteiger partial charge in [-0.3, -0.25) is 4.79 Å². The van der Waals surface area contributed by atoms with Gasteiger partial charge in [-0.25, -0.2) is 9.59 Å². The fraction of sp³-hybridized carbons (Fsp3) is 0.370. The third-order valence-corrected chi connectivity index (χ3v) is 6.77. The summed E-state index contributed by atoms with van der Waals surface area (Å²) in [6.45, 7) is 3.75. The molecule has 34 heavy (non-hydrogen) atoms. The summed E-state index contributed by atoms with van der Waals surface area (Å²) in [6, 6.07) is 14.8. The quantitative estimate of drug-likeness (QED) is 0.509. The fourth-order valence-corrected chi connectivity index (χ4v) is 5.08. The molecule has 178 valence electrons. The number of nitrogens with one attached hydrogen (secondary N) is 2. The van der Waals surface area contributed by atoms with Crippen molar-refractivity contribution in [1.82, 2.24) is 10.6 Å². The highest BCUT2D eigenvalue weighted by Gasteiger charge is 2.35. The Hall–Kier alpha value is -3.61. The lowest BCUT2D eigenvalue weighted by molar-refractivity contribution is -0.142. The van der Waals surface area contributed by atoms with Gasteiger partial charge < -0.3 is 20.5 Å². The normalized spacial score (nSPS) is 19.9. The number of fused-ring (bicyclic) bond motifs is 3. The maximum absolute atomic E-state index is 12.8. The van der Waals surface area contributed by atoms with E-state index in [9.17, 15) is 19.5 Å². The minimum absolute atomic E-state index is 0.0428. The number of amides is 2. The summed E-state index contributed by atoms with van der Waals surface area (Å²) in [4.78, 5) is 36.9. The van der Waals surface area contributed by atoms with E-state index in [-0.39, 0.29) is 24.9 Å². The second-order valence-corrected chi connectivity index (χ2v) is 8.89. The molecular weight excluding hydrogens is 432 g/mol. The number of carbonyl (C=O) groups excluding carboxylic acids is 2. The van der Waals surface area contributed by atoms with E-state index in [0.29, 0.717) is 12.8 Å². The molecule has 3 atom stereocenters. The van der Waals surface area contributed by atoms with Crippen molar-refractivity contribution >= 4 is 18.0 Å². The minimum Gasteiger partial charge on any atom is -0.480 e. The van der Waals surface area contributed by atoms with Gasteiger partial charge in [-0.15, -0.1) is 6.58 Å². The maximum Gasteiger partial charge on any atom is 0.407 e. The Morgan fingerprint density at radius 2 is 1.65 bits per heavy atom. The van der Waals surface area contributed by atoms with Crippen molar-refractivity contribution in [2.45, 2.75) is 50.1 Å². The van der Waals surface area contributed by atoms with Gasteiger partial charge in [0.15, 0.2) is 0 Å². The number of rotatable bonds is 8. The Kier molecular flexibility index (Phi) is 7.30. The van der Waals surface area contributed by atoms with Gasteiger partial charge in [0.1, 0.15) is 12.6 Å². The highest BCUT2D eigenvalue weighted by molar-refractivity contribution is 5.86. The predicted molar refractivity (Wildman–Crippen MR) is 128 cm³/mol. The molecule has 0 saturated heterocycles. The second kappa shape index (κ2) is 10.5. The number of benzene rings is 2. The Morgan fingerprint density at radius 3 is 2.26 bits per heavy atom. The molecule has 3 N–H and O–H groups in total. The second-order valence-electron chi connectivity index (χ2n) is 8.89. The van der Waals surface area contributed by atoms with Gasteiger partial charge in [-0.1, -0.05) is 67.4 Å². The summed E-state index contributed by atoms with van der Waals surface area (Å²) < 4.78 is 5.64. The molecule has 0 aromatic heterocycles. The average molecular weight is 463 g/mol. The third-order valence-electron chi connectivity index (χ3n) is 6.77. The maximum atomic E-state index is 12.8. The molecule has 4 rings (SSSR count). The Morgan fingerprint density at radius 1 is 1.03 bits per heavy atom. The van der Waals surface area contributed by atoms with Gasteiger partial charge in [-0.2, -0.15) is 0 Å². The summed E-state index contributed by atoms with van der Waals surface area (Å²) in [5.41, 5.74) is 4.58. The van der Waals surface area contributed by atoms with Crippen LogP contribution in [0.2, 0.25) is 0 Å². The number of carboxylic acid groups (broad SMARTS) is 1. The molecule has 1 saturated carbocycles. The van der Waals surface area contributed by atoms with E-state index in [0.717, 1.165) is 35.1 Å². The SMILES string of the molecule is C=CCC(NC(=O)C1CCCCC1NC(=O)OCC1c2ccccc2-c2ccccc21)C(=O)O. The largest absolute Gasteiger partial charge is 0.480 e. The monoisotopic (exact) mass is 462 g/mol. The van der Waals surface area contributed by atoms with Crippen molar-refractivity contribution in [3.05, 3.63) is 72.3 Å². The van der Waals surface area contributed by atoms with E-state index in [1.807, 2.05) is 24.3 Å². The summed E-state index contributed by atoms with van der Waals surface area (Å²) in [5.74, 6) is -2.01. The highest BCUT2D eigenvalue weighted by Crippen LogP contribution is 2.44. The fourth-order valence-electron chi connectivity index (χ4n) is 5.08. The van der Waals surface area contributed by atoms with Crippen LogP contribution in [0.3, 0.4) is 0 Å². The van der Waals surface area contributed by atoms with Gasteiger partial charge >= 0.3 is 12.1 Å². The Labute approximate surface area is 199 Å². The Bertz CT molecular complexity index is 1040. The zero-order chi connectivity index (χ0) is 24.1. The molecule has 2 aliphatic rings. The Balaban J connectivity index is 1.39. The van der Waals surface area contributed by atoms with Gasteiger partial charge in [-0.05, 0) is 41.5 Å². The standard InChI is InChI=1S/C27H30N2O5/c1-2-9-24(26(31)32)28-25(30)21-14-7-8-15-23(21)29-27(33)34-16-22-19-12-5-3-10-17(19)18-11-4-6-13-20(18)22/h2-6,10-13,21-24H,1,7-9,14-16H2,(H,28,30)(H,29,33)(H,31,32). The van der Waals surface area contributed by atoms with E-state index in [2.05, 4.69) is 41.5 Å². The number of hydrogen-bond acceptors (Lipinski definition) is 4. The molecule has 2 amide bonds. The van der Waals surface area contributed by atoms with Crippen molar-refractivity contribution in [3.63, 3.8) is 0 Å². The number of carbonyl (C=O) groups is 3. The number of aliphatic carboxylic acids is 1.